The van der Waals surface area contributed by atoms with Crippen LogP contribution in [0.5, 0.6) is 0 Å². The Balaban J connectivity index is 2.29. The quantitative estimate of drug-likeness (QED) is 0.731. The van der Waals surface area contributed by atoms with E-state index in [9.17, 15) is 9.90 Å². The summed E-state index contributed by atoms with van der Waals surface area (Å²) < 4.78 is 0. The molecule has 1 saturated heterocycles. The molecule has 18 heavy (non-hydrogen) atoms. The highest BCUT2D eigenvalue weighted by atomic mass is 16.4. The SMILES string of the molecule is CC(C)N(C)CCN1CCC(O)(CC(=O)O)CC1. The van der Waals surface area contributed by atoms with Crippen LogP contribution in [0.3, 0.4) is 0 Å². The molecule has 0 atom stereocenters. The molecular formula is C13H26N2O3. The van der Waals surface area contributed by atoms with Crippen molar-refractivity contribution in [3.8, 4) is 0 Å². The van der Waals surface area contributed by atoms with Crippen LogP contribution in [-0.4, -0.2) is 70.9 Å². The molecule has 1 heterocycles. The van der Waals surface area contributed by atoms with Gasteiger partial charge in [0.2, 0.25) is 0 Å². The fraction of sp³-hybridized carbons (Fsp3) is 0.923. The Labute approximate surface area is 109 Å². The van der Waals surface area contributed by atoms with Crippen molar-refractivity contribution in [3.63, 3.8) is 0 Å². The smallest absolute Gasteiger partial charge is 0.306 e. The van der Waals surface area contributed by atoms with E-state index in [0.717, 1.165) is 26.2 Å². The molecule has 0 aromatic carbocycles. The second kappa shape index (κ2) is 6.50. The van der Waals surface area contributed by atoms with Crippen LogP contribution in [-0.2, 0) is 4.79 Å². The van der Waals surface area contributed by atoms with E-state index in [2.05, 4.69) is 30.7 Å². The maximum atomic E-state index is 10.7. The van der Waals surface area contributed by atoms with E-state index in [1.165, 1.54) is 0 Å². The molecule has 0 unspecified atom stereocenters. The van der Waals surface area contributed by atoms with Crippen molar-refractivity contribution in [2.24, 2.45) is 0 Å². The highest BCUT2D eigenvalue weighted by Crippen LogP contribution is 2.25. The third-order valence-electron chi connectivity index (χ3n) is 3.92. The third-order valence-corrected chi connectivity index (χ3v) is 3.92. The number of hydrogen-bond donors (Lipinski definition) is 2. The van der Waals surface area contributed by atoms with Gasteiger partial charge in [-0.15, -0.1) is 0 Å². The number of carboxylic acids is 1. The number of aliphatic carboxylic acids is 1. The van der Waals surface area contributed by atoms with Gasteiger partial charge in [-0.2, -0.15) is 0 Å². The van der Waals surface area contributed by atoms with Crippen molar-refractivity contribution < 1.29 is 15.0 Å². The summed E-state index contributed by atoms with van der Waals surface area (Å²) in [6.45, 7) is 7.90. The number of carbonyl (C=O) groups is 1. The molecule has 106 valence electrons. The van der Waals surface area contributed by atoms with Gasteiger partial charge in [0.1, 0.15) is 0 Å². The average Bonchev–Trinajstić information content (AvgIpc) is 2.26. The summed E-state index contributed by atoms with van der Waals surface area (Å²) in [7, 11) is 2.11. The van der Waals surface area contributed by atoms with Crippen molar-refractivity contribution >= 4 is 5.97 Å². The van der Waals surface area contributed by atoms with Gasteiger partial charge in [0, 0.05) is 32.2 Å². The van der Waals surface area contributed by atoms with Crippen molar-refractivity contribution in [1.82, 2.24) is 9.80 Å². The topological polar surface area (TPSA) is 64.0 Å². The van der Waals surface area contributed by atoms with Crippen molar-refractivity contribution in [2.45, 2.75) is 44.8 Å². The Morgan fingerprint density at radius 2 is 1.94 bits per heavy atom. The van der Waals surface area contributed by atoms with Crippen LogP contribution in [0.1, 0.15) is 33.1 Å². The van der Waals surface area contributed by atoms with Gasteiger partial charge in [-0.3, -0.25) is 4.79 Å². The fourth-order valence-electron chi connectivity index (χ4n) is 2.21. The Morgan fingerprint density at radius 3 is 2.39 bits per heavy atom. The number of aliphatic hydroxyl groups is 1. The summed E-state index contributed by atoms with van der Waals surface area (Å²) in [6.07, 6.45) is 0.988. The predicted molar refractivity (Wildman–Crippen MR) is 70.6 cm³/mol. The van der Waals surface area contributed by atoms with Gasteiger partial charge in [0.15, 0.2) is 0 Å². The molecule has 0 saturated carbocycles. The minimum absolute atomic E-state index is 0.132. The lowest BCUT2D eigenvalue weighted by Crippen LogP contribution is -2.47. The Morgan fingerprint density at radius 1 is 1.39 bits per heavy atom. The molecule has 1 aliphatic rings. The average molecular weight is 258 g/mol. The first-order valence-electron chi connectivity index (χ1n) is 6.69. The van der Waals surface area contributed by atoms with Crippen molar-refractivity contribution in [3.05, 3.63) is 0 Å². The van der Waals surface area contributed by atoms with Crippen molar-refractivity contribution in [2.75, 3.05) is 33.2 Å². The number of likely N-dealkylation sites (N-methyl/N-ethyl adjacent to an activating group) is 1. The maximum absolute atomic E-state index is 10.7. The molecule has 0 aromatic heterocycles. The summed E-state index contributed by atoms with van der Waals surface area (Å²) in [5, 5.41) is 18.9. The zero-order valence-electron chi connectivity index (χ0n) is 11.7. The van der Waals surface area contributed by atoms with Crippen LogP contribution >= 0.6 is 0 Å². The zero-order valence-corrected chi connectivity index (χ0v) is 11.7. The minimum Gasteiger partial charge on any atom is -0.481 e. The standard InChI is InChI=1S/C13H26N2O3/c1-11(2)14(3)8-9-15-6-4-13(18,5-7-15)10-12(16)17/h11,18H,4-10H2,1-3H3,(H,16,17). The van der Waals surface area contributed by atoms with E-state index < -0.39 is 11.6 Å². The molecule has 5 nitrogen and oxygen atoms in total. The lowest BCUT2D eigenvalue weighted by Gasteiger charge is -2.38. The molecule has 1 fully saturated rings. The van der Waals surface area contributed by atoms with Gasteiger partial charge < -0.3 is 20.0 Å². The molecule has 0 amide bonds. The second-order valence-electron chi connectivity index (χ2n) is 5.71. The molecule has 0 bridgehead atoms. The maximum Gasteiger partial charge on any atom is 0.306 e. The Bertz CT molecular complexity index is 273. The highest BCUT2D eigenvalue weighted by Gasteiger charge is 2.34. The first kappa shape index (κ1) is 15.4. The predicted octanol–water partition coefficient (Wildman–Crippen LogP) is 0.628. The largest absolute Gasteiger partial charge is 0.481 e. The van der Waals surface area contributed by atoms with Crippen molar-refractivity contribution in [1.29, 1.82) is 0 Å². The highest BCUT2D eigenvalue weighted by molar-refractivity contribution is 5.68. The summed E-state index contributed by atoms with van der Waals surface area (Å²) in [5.74, 6) is -0.912. The lowest BCUT2D eigenvalue weighted by atomic mass is 9.88. The second-order valence-corrected chi connectivity index (χ2v) is 5.71. The van der Waals surface area contributed by atoms with Crippen LogP contribution in [0, 0.1) is 0 Å². The number of hydrogen-bond acceptors (Lipinski definition) is 4. The third kappa shape index (κ3) is 4.92. The molecule has 2 N–H and O–H groups in total. The van der Waals surface area contributed by atoms with Gasteiger partial charge in [-0.25, -0.2) is 0 Å². The number of nitrogens with zero attached hydrogens (tertiary/aromatic N) is 2. The summed E-state index contributed by atoms with van der Waals surface area (Å²) in [5.41, 5.74) is -0.994. The number of carboxylic acid groups (broad SMARTS) is 1. The van der Waals surface area contributed by atoms with Crippen LogP contribution in [0.15, 0.2) is 0 Å². The Kier molecular flexibility index (Phi) is 5.56. The molecule has 0 aromatic rings. The van der Waals surface area contributed by atoms with Crippen LogP contribution in [0.4, 0.5) is 0 Å². The summed E-state index contributed by atoms with van der Waals surface area (Å²) >= 11 is 0. The van der Waals surface area contributed by atoms with Gasteiger partial charge in [0.25, 0.3) is 0 Å². The number of likely N-dealkylation sites (tertiary alicyclic amines) is 1. The minimum atomic E-state index is -0.994. The molecule has 1 rings (SSSR count). The zero-order chi connectivity index (χ0) is 13.8. The van der Waals surface area contributed by atoms with Gasteiger partial charge in [-0.05, 0) is 33.7 Å². The van der Waals surface area contributed by atoms with Crippen LogP contribution in [0.2, 0.25) is 0 Å². The van der Waals surface area contributed by atoms with E-state index in [1.54, 1.807) is 0 Å². The molecule has 0 radical (unpaired) electrons. The van der Waals surface area contributed by atoms with Gasteiger partial charge >= 0.3 is 5.97 Å². The van der Waals surface area contributed by atoms with E-state index in [0.29, 0.717) is 18.9 Å². The van der Waals surface area contributed by atoms with Crippen LogP contribution in [0.25, 0.3) is 0 Å². The summed E-state index contributed by atoms with van der Waals surface area (Å²) in [4.78, 5) is 15.3. The van der Waals surface area contributed by atoms with E-state index in [-0.39, 0.29) is 6.42 Å². The van der Waals surface area contributed by atoms with E-state index in [4.69, 9.17) is 5.11 Å². The fourth-order valence-corrected chi connectivity index (χ4v) is 2.21. The first-order valence-corrected chi connectivity index (χ1v) is 6.69. The normalized spacial score (nSPS) is 20.6. The monoisotopic (exact) mass is 258 g/mol. The van der Waals surface area contributed by atoms with E-state index >= 15 is 0 Å². The van der Waals surface area contributed by atoms with Gasteiger partial charge in [-0.1, -0.05) is 0 Å². The van der Waals surface area contributed by atoms with E-state index in [1.807, 2.05) is 0 Å². The number of rotatable bonds is 6. The summed E-state index contributed by atoms with van der Waals surface area (Å²) in [6, 6.07) is 0.540. The molecule has 0 aliphatic carbocycles. The Hall–Kier alpha value is -0.650. The number of piperidine rings is 1. The van der Waals surface area contributed by atoms with Gasteiger partial charge in [0.05, 0.1) is 12.0 Å². The molecule has 5 heteroatoms. The molecule has 0 spiro atoms. The van der Waals surface area contributed by atoms with Crippen LogP contribution < -0.4 is 0 Å². The molecule has 1 aliphatic heterocycles. The first-order chi connectivity index (χ1) is 8.32. The molecular weight excluding hydrogens is 232 g/mol. The lowest BCUT2D eigenvalue weighted by molar-refractivity contribution is -0.144.